The summed E-state index contributed by atoms with van der Waals surface area (Å²) in [7, 11) is -2.73. The number of benzene rings is 1. The number of ether oxygens (including phenoxy) is 4. The minimum Gasteiger partial charge on any atom is -0.497 e. The van der Waals surface area contributed by atoms with Crippen LogP contribution in [-0.2, 0) is 14.8 Å². The Bertz CT molecular complexity index is 1380. The standard InChI is InChI=1S/C25H30ClN5O7S/c1-16(2)17-4-7-21(27-15-17)39(33,34)30-23-22(38-20-14-18(35-3)5-6-19(20)26)24(37-13-10-32)29-25(28-23)31-8-11-36-12-9-31/h4-7,14-16,32H,8-13H2,1-3H3,(H,28,29,30). The van der Waals surface area contributed by atoms with E-state index in [0.29, 0.717) is 32.1 Å². The van der Waals surface area contributed by atoms with Crippen LogP contribution in [0, 0.1) is 0 Å². The summed E-state index contributed by atoms with van der Waals surface area (Å²) in [5.74, 6) is 0.517. The number of pyridine rings is 1. The van der Waals surface area contributed by atoms with Crippen molar-refractivity contribution in [2.45, 2.75) is 24.8 Å². The second-order valence-corrected chi connectivity index (χ2v) is 10.8. The summed E-state index contributed by atoms with van der Waals surface area (Å²) in [5, 5.41) is 9.43. The van der Waals surface area contributed by atoms with Crippen molar-refractivity contribution in [2.75, 3.05) is 56.2 Å². The minimum atomic E-state index is -4.22. The Morgan fingerprint density at radius 3 is 2.59 bits per heavy atom. The van der Waals surface area contributed by atoms with Crippen molar-refractivity contribution < 1.29 is 32.5 Å². The number of anilines is 2. The fourth-order valence-electron chi connectivity index (χ4n) is 3.60. The molecule has 3 heterocycles. The molecule has 2 aromatic heterocycles. The molecule has 0 aliphatic carbocycles. The third kappa shape index (κ3) is 6.98. The number of aliphatic hydroxyl groups is 1. The Kier molecular flexibility index (Phi) is 9.28. The zero-order valence-electron chi connectivity index (χ0n) is 21.8. The van der Waals surface area contributed by atoms with Crippen LogP contribution in [0.15, 0.2) is 41.6 Å². The third-order valence-electron chi connectivity index (χ3n) is 5.73. The van der Waals surface area contributed by atoms with Gasteiger partial charge in [0.15, 0.2) is 10.8 Å². The normalized spacial score (nSPS) is 13.8. The number of hydrogen-bond acceptors (Lipinski definition) is 11. The van der Waals surface area contributed by atoms with Crippen molar-refractivity contribution in [1.29, 1.82) is 0 Å². The predicted molar refractivity (Wildman–Crippen MR) is 145 cm³/mol. The quantitative estimate of drug-likeness (QED) is 0.344. The summed E-state index contributed by atoms with van der Waals surface area (Å²) in [4.78, 5) is 14.9. The van der Waals surface area contributed by atoms with Crippen LogP contribution in [0.2, 0.25) is 5.02 Å². The lowest BCUT2D eigenvalue weighted by atomic mass is 10.1. The van der Waals surface area contributed by atoms with Crippen LogP contribution in [0.3, 0.4) is 0 Å². The molecule has 1 fully saturated rings. The van der Waals surface area contributed by atoms with E-state index in [1.165, 1.54) is 25.4 Å². The van der Waals surface area contributed by atoms with E-state index in [1.807, 2.05) is 18.7 Å². The monoisotopic (exact) mass is 579 g/mol. The van der Waals surface area contributed by atoms with Gasteiger partial charge in [0, 0.05) is 25.4 Å². The highest BCUT2D eigenvalue weighted by molar-refractivity contribution is 7.92. The Balaban J connectivity index is 1.82. The SMILES string of the molecule is COc1ccc(Cl)c(Oc2c(NS(=O)(=O)c3ccc(C(C)C)cn3)nc(N3CCOCC3)nc2OCCO)c1. The van der Waals surface area contributed by atoms with Crippen LogP contribution in [0.25, 0.3) is 0 Å². The molecule has 0 unspecified atom stereocenters. The molecule has 0 radical (unpaired) electrons. The van der Waals surface area contributed by atoms with Gasteiger partial charge in [0.2, 0.25) is 11.7 Å². The molecular formula is C25H30ClN5O7S. The molecule has 0 spiro atoms. The number of rotatable bonds is 11. The molecule has 2 N–H and O–H groups in total. The van der Waals surface area contributed by atoms with Gasteiger partial charge < -0.3 is 29.0 Å². The van der Waals surface area contributed by atoms with Gasteiger partial charge in [-0.25, -0.2) is 4.98 Å². The van der Waals surface area contributed by atoms with E-state index < -0.39 is 10.0 Å². The van der Waals surface area contributed by atoms with Crippen LogP contribution >= 0.6 is 11.6 Å². The third-order valence-corrected chi connectivity index (χ3v) is 7.30. The fourth-order valence-corrected chi connectivity index (χ4v) is 4.69. The second kappa shape index (κ2) is 12.6. The molecule has 1 saturated heterocycles. The van der Waals surface area contributed by atoms with Gasteiger partial charge in [-0.1, -0.05) is 31.5 Å². The van der Waals surface area contributed by atoms with Gasteiger partial charge in [0.25, 0.3) is 15.9 Å². The number of nitrogens with zero attached hydrogens (tertiary/aromatic N) is 4. The first-order valence-electron chi connectivity index (χ1n) is 12.2. The van der Waals surface area contributed by atoms with E-state index in [-0.39, 0.29) is 58.3 Å². The molecule has 3 aromatic rings. The molecule has 1 aliphatic rings. The molecule has 39 heavy (non-hydrogen) atoms. The van der Waals surface area contributed by atoms with Gasteiger partial charge in [-0.15, -0.1) is 0 Å². The largest absolute Gasteiger partial charge is 0.497 e. The smallest absolute Gasteiger partial charge is 0.280 e. The number of methoxy groups -OCH3 is 1. The van der Waals surface area contributed by atoms with Gasteiger partial charge in [-0.3, -0.25) is 4.72 Å². The summed E-state index contributed by atoms with van der Waals surface area (Å²) in [6, 6.07) is 7.86. The molecule has 0 bridgehead atoms. The van der Waals surface area contributed by atoms with Gasteiger partial charge in [0.1, 0.15) is 18.1 Å². The molecular weight excluding hydrogens is 550 g/mol. The summed E-state index contributed by atoms with van der Waals surface area (Å²) in [5.41, 5.74) is 0.891. The van der Waals surface area contributed by atoms with E-state index in [4.69, 9.17) is 30.5 Å². The Morgan fingerprint density at radius 2 is 1.95 bits per heavy atom. The first-order valence-corrected chi connectivity index (χ1v) is 14.1. The highest BCUT2D eigenvalue weighted by Gasteiger charge is 2.27. The summed E-state index contributed by atoms with van der Waals surface area (Å²) >= 11 is 6.36. The van der Waals surface area contributed by atoms with Gasteiger partial charge in [0.05, 0.1) is 32.0 Å². The number of nitrogens with one attached hydrogen (secondary N) is 1. The van der Waals surface area contributed by atoms with Crippen molar-refractivity contribution in [3.8, 4) is 23.1 Å². The van der Waals surface area contributed by atoms with Crippen LogP contribution in [-0.4, -0.2) is 75.1 Å². The number of halogens is 1. The molecule has 0 atom stereocenters. The first kappa shape index (κ1) is 28.6. The van der Waals surface area contributed by atoms with Crippen molar-refractivity contribution in [3.05, 3.63) is 47.1 Å². The maximum Gasteiger partial charge on any atom is 0.280 e. The molecule has 0 saturated carbocycles. The van der Waals surface area contributed by atoms with Gasteiger partial charge in [-0.2, -0.15) is 18.4 Å². The lowest BCUT2D eigenvalue weighted by Gasteiger charge is -2.28. The van der Waals surface area contributed by atoms with E-state index in [9.17, 15) is 13.5 Å². The highest BCUT2D eigenvalue weighted by atomic mass is 35.5. The molecule has 14 heteroatoms. The Morgan fingerprint density at radius 1 is 1.18 bits per heavy atom. The lowest BCUT2D eigenvalue weighted by Crippen LogP contribution is -2.37. The minimum absolute atomic E-state index is 0.0970. The zero-order chi connectivity index (χ0) is 28.0. The lowest BCUT2D eigenvalue weighted by molar-refractivity contribution is 0.122. The number of aromatic nitrogens is 3. The van der Waals surface area contributed by atoms with E-state index in [0.717, 1.165) is 5.56 Å². The van der Waals surface area contributed by atoms with Crippen molar-refractivity contribution >= 4 is 33.4 Å². The zero-order valence-corrected chi connectivity index (χ0v) is 23.3. The molecule has 1 aromatic carbocycles. The van der Waals surface area contributed by atoms with Crippen LogP contribution < -0.4 is 23.8 Å². The molecule has 0 amide bonds. The number of morpholine rings is 1. The number of aliphatic hydroxyl groups excluding tert-OH is 1. The summed E-state index contributed by atoms with van der Waals surface area (Å²) in [6.45, 7) is 5.37. The average molecular weight is 580 g/mol. The maximum atomic E-state index is 13.4. The average Bonchev–Trinajstić information content (AvgIpc) is 2.94. The Labute approximate surface area is 231 Å². The summed E-state index contributed by atoms with van der Waals surface area (Å²) in [6.07, 6.45) is 1.52. The van der Waals surface area contributed by atoms with E-state index in [1.54, 1.807) is 18.2 Å². The highest BCUT2D eigenvalue weighted by Crippen LogP contribution is 2.42. The maximum absolute atomic E-state index is 13.4. The van der Waals surface area contributed by atoms with Crippen LogP contribution in [0.1, 0.15) is 25.3 Å². The fraction of sp³-hybridized carbons (Fsp3) is 0.400. The Hall–Kier alpha value is -3.39. The molecule has 4 rings (SSSR count). The van der Waals surface area contributed by atoms with Crippen LogP contribution in [0.4, 0.5) is 11.8 Å². The van der Waals surface area contributed by atoms with Crippen molar-refractivity contribution in [1.82, 2.24) is 15.0 Å². The predicted octanol–water partition coefficient (Wildman–Crippen LogP) is 3.46. The molecule has 1 aliphatic heterocycles. The number of sulfonamides is 1. The second-order valence-electron chi connectivity index (χ2n) is 8.77. The van der Waals surface area contributed by atoms with Gasteiger partial charge in [-0.05, 0) is 29.7 Å². The van der Waals surface area contributed by atoms with Crippen molar-refractivity contribution in [3.63, 3.8) is 0 Å². The topological polar surface area (TPSA) is 145 Å². The first-order chi connectivity index (χ1) is 18.7. The van der Waals surface area contributed by atoms with Gasteiger partial charge >= 0.3 is 0 Å². The van der Waals surface area contributed by atoms with Crippen LogP contribution in [0.5, 0.6) is 23.1 Å². The molecule has 12 nitrogen and oxygen atoms in total. The van der Waals surface area contributed by atoms with Crippen molar-refractivity contribution in [2.24, 2.45) is 0 Å². The number of hydrogen-bond donors (Lipinski definition) is 2. The van der Waals surface area contributed by atoms with E-state index >= 15 is 0 Å². The summed E-state index contributed by atoms with van der Waals surface area (Å²) < 4.78 is 51.7. The van der Waals surface area contributed by atoms with E-state index in [2.05, 4.69) is 19.7 Å². The molecule has 210 valence electrons.